The van der Waals surface area contributed by atoms with E-state index in [4.69, 9.17) is 9.47 Å². The van der Waals surface area contributed by atoms with Crippen molar-refractivity contribution in [1.29, 1.82) is 0 Å². The number of aromatic nitrogens is 3. The van der Waals surface area contributed by atoms with Crippen LogP contribution in [-0.2, 0) is 29.2 Å². The van der Waals surface area contributed by atoms with Crippen molar-refractivity contribution in [1.82, 2.24) is 20.1 Å². The molecule has 1 N–H and O–H groups in total. The topological polar surface area (TPSA) is 78.3 Å². The predicted octanol–water partition coefficient (Wildman–Crippen LogP) is 2.03. The second-order valence-corrected chi connectivity index (χ2v) is 6.09. The van der Waals surface area contributed by atoms with Gasteiger partial charge in [0.25, 0.3) is 0 Å². The fraction of sp³-hybridized carbons (Fsp3) is 0.353. The first-order valence-electron chi connectivity index (χ1n) is 7.72. The molecule has 0 atom stereocenters. The van der Waals surface area contributed by atoms with Crippen LogP contribution in [0.5, 0.6) is 5.75 Å². The van der Waals surface area contributed by atoms with Crippen LogP contribution in [0.15, 0.2) is 42.1 Å². The second-order valence-electron chi connectivity index (χ2n) is 5.14. The third-order valence-electron chi connectivity index (χ3n) is 3.36. The van der Waals surface area contributed by atoms with E-state index in [1.54, 1.807) is 20.3 Å². The normalized spacial score (nSPS) is 10.5. The van der Waals surface area contributed by atoms with Crippen molar-refractivity contribution in [2.45, 2.75) is 24.9 Å². The van der Waals surface area contributed by atoms with Gasteiger partial charge in [0.1, 0.15) is 12.4 Å². The molecule has 1 amide bonds. The van der Waals surface area contributed by atoms with Gasteiger partial charge in [0, 0.05) is 20.2 Å². The molecule has 0 fully saturated rings. The molecule has 8 heteroatoms. The molecule has 0 unspecified atom stereocenters. The molecule has 0 aliphatic heterocycles. The maximum Gasteiger partial charge on any atom is 0.230 e. The summed E-state index contributed by atoms with van der Waals surface area (Å²) in [6.07, 6.45) is 1.76. The van der Waals surface area contributed by atoms with Crippen molar-refractivity contribution in [2.75, 3.05) is 20.0 Å². The number of benzene rings is 1. The molecule has 7 nitrogen and oxygen atoms in total. The Morgan fingerprint density at radius 3 is 2.72 bits per heavy atom. The third kappa shape index (κ3) is 5.61. The molecule has 1 aromatic carbocycles. The van der Waals surface area contributed by atoms with Gasteiger partial charge in [-0.25, -0.2) is 0 Å². The highest BCUT2D eigenvalue weighted by Crippen LogP contribution is 2.17. The lowest BCUT2D eigenvalue weighted by Gasteiger charge is -2.08. The fourth-order valence-electron chi connectivity index (χ4n) is 2.10. The van der Waals surface area contributed by atoms with Crippen LogP contribution in [0.25, 0.3) is 0 Å². The summed E-state index contributed by atoms with van der Waals surface area (Å²) in [6.45, 7) is 5.14. The Balaban J connectivity index is 1.85. The van der Waals surface area contributed by atoms with Crippen molar-refractivity contribution in [2.24, 2.45) is 0 Å². The summed E-state index contributed by atoms with van der Waals surface area (Å²) in [5.41, 5.74) is 1.01. The molecule has 2 rings (SSSR count). The summed E-state index contributed by atoms with van der Waals surface area (Å²) in [7, 11) is 3.23. The Morgan fingerprint density at radius 1 is 1.32 bits per heavy atom. The number of ether oxygens (including phenoxy) is 2. The summed E-state index contributed by atoms with van der Waals surface area (Å²) in [6, 6.07) is 7.57. The van der Waals surface area contributed by atoms with E-state index in [0.29, 0.717) is 30.7 Å². The van der Waals surface area contributed by atoms with E-state index in [1.165, 1.54) is 11.8 Å². The van der Waals surface area contributed by atoms with Crippen LogP contribution < -0.4 is 10.1 Å². The van der Waals surface area contributed by atoms with Crippen molar-refractivity contribution in [3.8, 4) is 5.75 Å². The second kappa shape index (κ2) is 9.85. The molecular formula is C17H22N4O3S. The minimum Gasteiger partial charge on any atom is -0.497 e. The number of nitrogens with zero attached hydrogens (tertiary/aromatic N) is 3. The maximum absolute atomic E-state index is 12.1. The van der Waals surface area contributed by atoms with Crippen molar-refractivity contribution < 1.29 is 14.3 Å². The number of allylic oxidation sites excluding steroid dienone is 1. The minimum absolute atomic E-state index is 0.0673. The zero-order valence-electron chi connectivity index (χ0n) is 14.4. The SMILES string of the molecule is C=CCn1c(COC)nnc1SCC(=O)NCc1ccc(OC)cc1. The molecule has 0 radical (unpaired) electrons. The molecule has 2 aromatic rings. The Bertz CT molecular complexity index is 700. The average molecular weight is 362 g/mol. The van der Waals surface area contributed by atoms with Gasteiger partial charge in [0.2, 0.25) is 5.91 Å². The molecule has 0 aliphatic rings. The van der Waals surface area contributed by atoms with E-state index in [1.807, 2.05) is 28.8 Å². The van der Waals surface area contributed by atoms with Gasteiger partial charge in [-0.2, -0.15) is 0 Å². The maximum atomic E-state index is 12.1. The van der Waals surface area contributed by atoms with Gasteiger partial charge in [0.15, 0.2) is 11.0 Å². The lowest BCUT2D eigenvalue weighted by Crippen LogP contribution is -2.24. The van der Waals surface area contributed by atoms with Crippen LogP contribution in [0.4, 0.5) is 0 Å². The lowest BCUT2D eigenvalue weighted by atomic mass is 10.2. The first-order valence-corrected chi connectivity index (χ1v) is 8.70. The van der Waals surface area contributed by atoms with Crippen LogP contribution >= 0.6 is 11.8 Å². The van der Waals surface area contributed by atoms with Crippen LogP contribution in [0, 0.1) is 0 Å². The molecule has 0 bridgehead atoms. The fourth-order valence-corrected chi connectivity index (χ4v) is 2.90. The van der Waals surface area contributed by atoms with Crippen LogP contribution in [0.3, 0.4) is 0 Å². The monoisotopic (exact) mass is 362 g/mol. The standard InChI is InChI=1S/C17H22N4O3S/c1-4-9-21-15(11-23-2)19-20-17(21)25-12-16(22)18-10-13-5-7-14(24-3)8-6-13/h4-8H,1,9-12H2,2-3H3,(H,18,22). The van der Waals surface area contributed by atoms with E-state index in [2.05, 4.69) is 22.1 Å². The van der Waals surface area contributed by atoms with Gasteiger partial charge in [-0.15, -0.1) is 16.8 Å². The summed E-state index contributed by atoms with van der Waals surface area (Å²) >= 11 is 1.34. The number of amides is 1. The molecule has 1 aromatic heterocycles. The first kappa shape index (κ1) is 19.0. The van der Waals surface area contributed by atoms with Crippen LogP contribution in [-0.4, -0.2) is 40.6 Å². The highest BCUT2D eigenvalue weighted by molar-refractivity contribution is 7.99. The summed E-state index contributed by atoms with van der Waals surface area (Å²) in [4.78, 5) is 12.1. The van der Waals surface area contributed by atoms with Crippen molar-refractivity contribution >= 4 is 17.7 Å². The quantitative estimate of drug-likeness (QED) is 0.515. The Kier molecular flexibility index (Phi) is 7.49. The molecule has 0 saturated carbocycles. The van der Waals surface area contributed by atoms with Gasteiger partial charge in [-0.05, 0) is 17.7 Å². The van der Waals surface area contributed by atoms with Crippen molar-refractivity contribution in [3.05, 3.63) is 48.3 Å². The van der Waals surface area contributed by atoms with E-state index >= 15 is 0 Å². The van der Waals surface area contributed by atoms with Crippen molar-refractivity contribution in [3.63, 3.8) is 0 Å². The van der Waals surface area contributed by atoms with Gasteiger partial charge < -0.3 is 19.4 Å². The minimum atomic E-state index is -0.0673. The Labute approximate surface area is 151 Å². The molecular weight excluding hydrogens is 340 g/mol. The molecule has 0 aliphatic carbocycles. The van der Waals surface area contributed by atoms with E-state index in [9.17, 15) is 4.79 Å². The Hall–Kier alpha value is -2.32. The molecule has 25 heavy (non-hydrogen) atoms. The number of hydrogen-bond acceptors (Lipinski definition) is 6. The van der Waals surface area contributed by atoms with E-state index in [-0.39, 0.29) is 11.7 Å². The van der Waals surface area contributed by atoms with Gasteiger partial charge in [-0.3, -0.25) is 4.79 Å². The smallest absolute Gasteiger partial charge is 0.230 e. The number of nitrogens with one attached hydrogen (secondary N) is 1. The third-order valence-corrected chi connectivity index (χ3v) is 4.33. The summed E-state index contributed by atoms with van der Waals surface area (Å²) in [5.74, 6) is 1.70. The van der Waals surface area contributed by atoms with Crippen LogP contribution in [0.1, 0.15) is 11.4 Å². The van der Waals surface area contributed by atoms with E-state index in [0.717, 1.165) is 11.3 Å². The lowest BCUT2D eigenvalue weighted by molar-refractivity contribution is -0.118. The molecule has 0 spiro atoms. The zero-order chi connectivity index (χ0) is 18.1. The number of methoxy groups -OCH3 is 2. The van der Waals surface area contributed by atoms with Crippen LogP contribution in [0.2, 0.25) is 0 Å². The van der Waals surface area contributed by atoms with Gasteiger partial charge in [0.05, 0.1) is 12.9 Å². The predicted molar refractivity (Wildman–Crippen MR) is 96.5 cm³/mol. The number of carbonyl (C=O) groups excluding carboxylic acids is 1. The summed E-state index contributed by atoms with van der Waals surface area (Å²) in [5, 5.41) is 11.8. The number of thioether (sulfide) groups is 1. The van der Waals surface area contributed by atoms with Gasteiger partial charge in [-0.1, -0.05) is 30.0 Å². The average Bonchev–Trinajstić information content (AvgIpc) is 3.01. The molecule has 1 heterocycles. The molecule has 134 valence electrons. The number of hydrogen-bond donors (Lipinski definition) is 1. The number of rotatable bonds is 10. The first-order chi connectivity index (χ1) is 12.2. The number of carbonyl (C=O) groups is 1. The highest BCUT2D eigenvalue weighted by Gasteiger charge is 2.13. The highest BCUT2D eigenvalue weighted by atomic mass is 32.2. The zero-order valence-corrected chi connectivity index (χ0v) is 15.2. The van der Waals surface area contributed by atoms with Gasteiger partial charge >= 0.3 is 0 Å². The molecule has 0 saturated heterocycles. The Morgan fingerprint density at radius 2 is 2.08 bits per heavy atom. The van der Waals surface area contributed by atoms with E-state index < -0.39 is 0 Å². The summed E-state index contributed by atoms with van der Waals surface area (Å²) < 4.78 is 12.1. The largest absolute Gasteiger partial charge is 0.497 e.